The van der Waals surface area contributed by atoms with Gasteiger partial charge in [-0.2, -0.15) is 0 Å². The second kappa shape index (κ2) is 12.8. The van der Waals surface area contributed by atoms with Crippen molar-refractivity contribution < 1.29 is 18.4 Å². The van der Waals surface area contributed by atoms with E-state index in [0.29, 0.717) is 31.6 Å². The normalized spacial score (nSPS) is 15.9. The lowest BCUT2D eigenvalue weighted by Crippen LogP contribution is -2.55. The van der Waals surface area contributed by atoms with E-state index in [1.807, 2.05) is 41.0 Å². The maximum Gasteiger partial charge on any atom is 0.253 e. The van der Waals surface area contributed by atoms with E-state index >= 15 is 0 Å². The number of halogens is 2. The first kappa shape index (κ1) is 29.4. The number of hydrogen-bond donors (Lipinski definition) is 0. The molecule has 1 saturated heterocycles. The predicted octanol–water partition coefficient (Wildman–Crippen LogP) is 7.33. The summed E-state index contributed by atoms with van der Waals surface area (Å²) in [6, 6.07) is 20.7. The van der Waals surface area contributed by atoms with Crippen LogP contribution in [0.5, 0.6) is 0 Å². The van der Waals surface area contributed by atoms with Crippen molar-refractivity contribution in [2.24, 2.45) is 0 Å². The van der Waals surface area contributed by atoms with Gasteiger partial charge >= 0.3 is 0 Å². The third-order valence-electron chi connectivity index (χ3n) is 7.91. The van der Waals surface area contributed by atoms with Crippen LogP contribution in [0.3, 0.4) is 0 Å². The molecule has 0 saturated carbocycles. The number of piperazine rings is 1. The van der Waals surface area contributed by atoms with E-state index in [-0.39, 0.29) is 40.8 Å². The van der Waals surface area contributed by atoms with Crippen molar-refractivity contribution in [2.45, 2.75) is 70.8 Å². The molecule has 1 aliphatic heterocycles. The van der Waals surface area contributed by atoms with Gasteiger partial charge in [-0.3, -0.25) is 9.59 Å². The molecular weight excluding hydrogens is 506 g/mol. The largest absolute Gasteiger partial charge is 0.336 e. The van der Waals surface area contributed by atoms with Gasteiger partial charge in [0, 0.05) is 43.6 Å². The van der Waals surface area contributed by atoms with E-state index in [1.165, 1.54) is 29.8 Å². The third-order valence-corrected chi connectivity index (χ3v) is 7.91. The smallest absolute Gasteiger partial charge is 0.253 e. The first-order valence-electron chi connectivity index (χ1n) is 14.2. The molecule has 0 unspecified atom stereocenters. The highest BCUT2D eigenvalue weighted by molar-refractivity contribution is 5.94. The summed E-state index contributed by atoms with van der Waals surface area (Å²) in [6.45, 7) is 10.0. The number of amides is 2. The summed E-state index contributed by atoms with van der Waals surface area (Å²) in [5.41, 5.74) is 3.85. The third kappa shape index (κ3) is 7.35. The van der Waals surface area contributed by atoms with Crippen LogP contribution in [0.1, 0.15) is 86.3 Å². The first-order chi connectivity index (χ1) is 19.0. The summed E-state index contributed by atoms with van der Waals surface area (Å²) in [5, 5.41) is 0. The van der Waals surface area contributed by atoms with Crippen LogP contribution in [0.2, 0.25) is 0 Å². The van der Waals surface area contributed by atoms with Crippen LogP contribution in [0.4, 0.5) is 8.78 Å². The molecular formula is C34H40F2N2O2. The fraction of sp³-hybridized carbons (Fsp3) is 0.412. The molecule has 0 spiro atoms. The number of benzene rings is 3. The lowest BCUT2D eigenvalue weighted by atomic mass is 9.86. The highest BCUT2D eigenvalue weighted by atomic mass is 19.1. The van der Waals surface area contributed by atoms with Crippen LogP contribution in [-0.2, 0) is 10.2 Å². The van der Waals surface area contributed by atoms with Crippen LogP contribution in [-0.4, -0.2) is 47.3 Å². The molecule has 2 amide bonds. The van der Waals surface area contributed by atoms with E-state index in [9.17, 15) is 18.4 Å². The molecule has 6 heteroatoms. The highest BCUT2D eigenvalue weighted by Gasteiger charge is 2.30. The second-order valence-corrected chi connectivity index (χ2v) is 11.9. The molecule has 3 aromatic rings. The van der Waals surface area contributed by atoms with E-state index in [2.05, 4.69) is 20.8 Å². The minimum absolute atomic E-state index is 0.00208. The number of nitrogens with zero attached hydrogens (tertiary/aromatic N) is 2. The first-order valence-corrected chi connectivity index (χ1v) is 14.2. The topological polar surface area (TPSA) is 40.6 Å². The van der Waals surface area contributed by atoms with E-state index < -0.39 is 0 Å². The maximum atomic E-state index is 13.5. The molecule has 0 aliphatic carbocycles. The summed E-state index contributed by atoms with van der Waals surface area (Å²) < 4.78 is 27.0. The minimum Gasteiger partial charge on any atom is -0.336 e. The lowest BCUT2D eigenvalue weighted by molar-refractivity contribution is -0.135. The Morgan fingerprint density at radius 2 is 1.38 bits per heavy atom. The van der Waals surface area contributed by atoms with Crippen molar-refractivity contribution >= 4 is 11.8 Å². The molecule has 1 atom stereocenters. The Bertz CT molecular complexity index is 1240. The molecule has 4 nitrogen and oxygen atoms in total. The number of carbonyl (C=O) groups is 2. The summed E-state index contributed by atoms with van der Waals surface area (Å²) >= 11 is 0. The Morgan fingerprint density at radius 1 is 0.825 bits per heavy atom. The zero-order chi connectivity index (χ0) is 28.9. The van der Waals surface area contributed by atoms with E-state index in [0.717, 1.165) is 30.4 Å². The average molecular weight is 547 g/mol. The summed E-state index contributed by atoms with van der Waals surface area (Å²) in [6.07, 6.45) is 2.74. The van der Waals surface area contributed by atoms with Crippen molar-refractivity contribution in [3.63, 3.8) is 0 Å². The van der Waals surface area contributed by atoms with Gasteiger partial charge in [0.05, 0.1) is 0 Å². The molecule has 4 rings (SSSR count). The van der Waals surface area contributed by atoms with Gasteiger partial charge in [-0.25, -0.2) is 8.78 Å². The van der Waals surface area contributed by atoms with Gasteiger partial charge < -0.3 is 9.80 Å². The summed E-state index contributed by atoms with van der Waals surface area (Å²) in [4.78, 5) is 29.9. The quantitative estimate of drug-likeness (QED) is 0.278. The van der Waals surface area contributed by atoms with Crippen LogP contribution in [0, 0.1) is 11.6 Å². The molecule has 0 N–H and O–H groups in total. The zero-order valence-corrected chi connectivity index (χ0v) is 24.0. The summed E-state index contributed by atoms with van der Waals surface area (Å²) in [7, 11) is 0. The Labute approximate surface area is 237 Å². The molecule has 40 heavy (non-hydrogen) atoms. The van der Waals surface area contributed by atoms with Gasteiger partial charge in [0.25, 0.3) is 5.91 Å². The number of hydrogen-bond acceptors (Lipinski definition) is 2. The molecule has 1 aliphatic rings. The molecule has 0 aromatic heterocycles. The van der Waals surface area contributed by atoms with Crippen molar-refractivity contribution in [1.29, 1.82) is 0 Å². The minimum atomic E-state index is -0.290. The van der Waals surface area contributed by atoms with Gasteiger partial charge in [-0.05, 0) is 78.3 Å². The van der Waals surface area contributed by atoms with Crippen LogP contribution >= 0.6 is 0 Å². The van der Waals surface area contributed by atoms with Gasteiger partial charge in [-0.15, -0.1) is 0 Å². The molecule has 0 bridgehead atoms. The van der Waals surface area contributed by atoms with Crippen LogP contribution < -0.4 is 0 Å². The number of unbranched alkanes of at least 4 members (excludes halogenated alkanes) is 1. The molecule has 0 radical (unpaired) electrons. The standard InChI is InChI=1S/C34H40F2N2O2/c1-24-23-37(33(40)27-9-15-28(16-10-27)34(2,3)4)21-22-38(24)32(39)8-6-5-7-31(25-11-17-29(35)18-12-25)26-13-19-30(36)20-14-26/h9-20,24,31H,5-8,21-23H2,1-4H3/t24-/m0/s1. The van der Waals surface area contributed by atoms with Crippen molar-refractivity contribution in [1.82, 2.24) is 9.80 Å². The van der Waals surface area contributed by atoms with Crippen LogP contribution in [0.25, 0.3) is 0 Å². The van der Waals surface area contributed by atoms with Crippen molar-refractivity contribution in [3.8, 4) is 0 Å². The Kier molecular flexibility index (Phi) is 9.39. The maximum absolute atomic E-state index is 13.5. The highest BCUT2D eigenvalue weighted by Crippen LogP contribution is 2.31. The predicted molar refractivity (Wildman–Crippen MR) is 155 cm³/mol. The molecule has 212 valence electrons. The van der Waals surface area contributed by atoms with E-state index in [1.54, 1.807) is 24.3 Å². The van der Waals surface area contributed by atoms with Gasteiger partial charge in [-0.1, -0.05) is 63.6 Å². The van der Waals surface area contributed by atoms with Gasteiger partial charge in [0.1, 0.15) is 11.6 Å². The average Bonchev–Trinajstić information content (AvgIpc) is 2.93. The zero-order valence-electron chi connectivity index (χ0n) is 24.0. The van der Waals surface area contributed by atoms with Crippen LogP contribution in [0.15, 0.2) is 72.8 Å². The Morgan fingerprint density at radius 3 is 1.88 bits per heavy atom. The van der Waals surface area contributed by atoms with E-state index in [4.69, 9.17) is 0 Å². The molecule has 1 fully saturated rings. The monoisotopic (exact) mass is 546 g/mol. The number of carbonyl (C=O) groups excluding carboxylic acids is 2. The fourth-order valence-electron chi connectivity index (χ4n) is 5.49. The van der Waals surface area contributed by atoms with Gasteiger partial charge in [0.2, 0.25) is 5.91 Å². The van der Waals surface area contributed by atoms with Crippen molar-refractivity contribution in [2.75, 3.05) is 19.6 Å². The SMILES string of the molecule is C[C@H]1CN(C(=O)c2ccc(C(C)(C)C)cc2)CCN1C(=O)CCCCC(c1ccc(F)cc1)c1ccc(F)cc1. The molecule has 3 aromatic carbocycles. The van der Waals surface area contributed by atoms with Gasteiger partial charge in [0.15, 0.2) is 0 Å². The summed E-state index contributed by atoms with van der Waals surface area (Å²) in [5.74, 6) is -0.466. The number of rotatable bonds is 8. The lowest BCUT2D eigenvalue weighted by Gasteiger charge is -2.40. The Hall–Kier alpha value is -3.54. The fourth-order valence-corrected chi connectivity index (χ4v) is 5.49. The second-order valence-electron chi connectivity index (χ2n) is 11.9. The Balaban J connectivity index is 1.29. The van der Waals surface area contributed by atoms with Crippen molar-refractivity contribution in [3.05, 3.63) is 107 Å². The molecule has 1 heterocycles.